The van der Waals surface area contributed by atoms with Crippen LogP contribution in [0.15, 0.2) is 17.5 Å². The van der Waals surface area contributed by atoms with Crippen molar-refractivity contribution in [2.75, 3.05) is 6.54 Å². The molecule has 1 aromatic heterocycles. The molecule has 1 fully saturated rings. The standard InChI is InChI=1S/C17H30N2OS/c1-13(2)19(10-14-8-7-9-21-14)17(12-18)11-15(3,4)20-16(17,5)6/h7-9,13H,10-12,18H2,1-6H3. The van der Waals surface area contributed by atoms with Gasteiger partial charge < -0.3 is 10.5 Å². The first kappa shape index (κ1) is 16.9. The predicted octanol–water partition coefficient (Wildman–Crippen LogP) is 3.63. The van der Waals surface area contributed by atoms with Crippen molar-refractivity contribution in [2.45, 2.75) is 77.3 Å². The zero-order chi connectivity index (χ0) is 15.9. The van der Waals surface area contributed by atoms with Crippen molar-refractivity contribution in [3.63, 3.8) is 0 Å². The molecule has 1 aromatic rings. The van der Waals surface area contributed by atoms with Gasteiger partial charge in [-0.1, -0.05) is 6.07 Å². The highest BCUT2D eigenvalue weighted by Crippen LogP contribution is 2.49. The first-order chi connectivity index (χ1) is 9.63. The number of nitrogens with two attached hydrogens (primary N) is 1. The third-order valence-corrected chi connectivity index (χ3v) is 5.65. The van der Waals surface area contributed by atoms with Gasteiger partial charge in [-0.2, -0.15) is 0 Å². The smallest absolute Gasteiger partial charge is 0.0830 e. The minimum Gasteiger partial charge on any atom is -0.368 e. The zero-order valence-electron chi connectivity index (χ0n) is 14.3. The van der Waals surface area contributed by atoms with E-state index in [-0.39, 0.29) is 16.7 Å². The van der Waals surface area contributed by atoms with E-state index in [1.165, 1.54) is 4.88 Å². The van der Waals surface area contributed by atoms with E-state index in [4.69, 9.17) is 10.5 Å². The van der Waals surface area contributed by atoms with E-state index in [0.29, 0.717) is 12.6 Å². The Bertz CT molecular complexity index is 467. The Labute approximate surface area is 133 Å². The van der Waals surface area contributed by atoms with Gasteiger partial charge in [-0.05, 0) is 59.4 Å². The first-order valence-electron chi connectivity index (χ1n) is 7.83. The lowest BCUT2D eigenvalue weighted by Crippen LogP contribution is -2.64. The molecular weight excluding hydrogens is 280 g/mol. The van der Waals surface area contributed by atoms with Gasteiger partial charge in [-0.3, -0.25) is 4.90 Å². The summed E-state index contributed by atoms with van der Waals surface area (Å²) in [7, 11) is 0. The Morgan fingerprint density at radius 3 is 2.38 bits per heavy atom. The monoisotopic (exact) mass is 310 g/mol. The summed E-state index contributed by atoms with van der Waals surface area (Å²) < 4.78 is 6.38. The second kappa shape index (κ2) is 5.65. The van der Waals surface area contributed by atoms with Gasteiger partial charge in [0.2, 0.25) is 0 Å². The number of ether oxygens (including phenoxy) is 1. The molecule has 0 bridgehead atoms. The van der Waals surface area contributed by atoms with Crippen molar-refractivity contribution in [2.24, 2.45) is 5.73 Å². The molecule has 0 aromatic carbocycles. The van der Waals surface area contributed by atoms with Gasteiger partial charge in [0.1, 0.15) is 0 Å². The second-order valence-electron chi connectivity index (χ2n) is 7.59. The van der Waals surface area contributed by atoms with E-state index in [2.05, 4.69) is 64.0 Å². The van der Waals surface area contributed by atoms with Gasteiger partial charge in [0, 0.05) is 24.0 Å². The van der Waals surface area contributed by atoms with Crippen LogP contribution < -0.4 is 5.73 Å². The third-order valence-electron chi connectivity index (χ3n) is 4.79. The molecule has 2 N–H and O–H groups in total. The third kappa shape index (κ3) is 3.04. The minimum absolute atomic E-state index is 0.130. The molecule has 4 heteroatoms. The maximum Gasteiger partial charge on any atom is 0.0830 e. The largest absolute Gasteiger partial charge is 0.368 e. The first-order valence-corrected chi connectivity index (χ1v) is 8.71. The average Bonchev–Trinajstić information content (AvgIpc) is 2.89. The molecule has 0 spiro atoms. The molecular formula is C17H30N2OS. The molecule has 0 radical (unpaired) electrons. The Hall–Kier alpha value is -0.420. The summed E-state index contributed by atoms with van der Waals surface area (Å²) in [4.78, 5) is 3.94. The Morgan fingerprint density at radius 2 is 2.00 bits per heavy atom. The van der Waals surface area contributed by atoms with E-state index in [9.17, 15) is 0 Å². The van der Waals surface area contributed by atoms with Crippen LogP contribution in [0, 0.1) is 0 Å². The summed E-state index contributed by atoms with van der Waals surface area (Å²) in [5, 5.41) is 2.14. The fraction of sp³-hybridized carbons (Fsp3) is 0.765. The summed E-state index contributed by atoms with van der Waals surface area (Å²) in [6.45, 7) is 14.8. The van der Waals surface area contributed by atoms with Crippen LogP contribution in [-0.4, -0.2) is 34.2 Å². The summed E-state index contributed by atoms with van der Waals surface area (Å²) in [6.07, 6.45) is 0.965. The molecule has 120 valence electrons. The Balaban J connectivity index is 2.40. The van der Waals surface area contributed by atoms with Crippen molar-refractivity contribution in [3.8, 4) is 0 Å². The molecule has 2 rings (SSSR count). The second-order valence-corrected chi connectivity index (χ2v) is 8.62. The van der Waals surface area contributed by atoms with Crippen molar-refractivity contribution < 1.29 is 4.74 Å². The highest BCUT2D eigenvalue weighted by molar-refractivity contribution is 7.09. The minimum atomic E-state index is -0.257. The topological polar surface area (TPSA) is 38.5 Å². The fourth-order valence-corrected chi connectivity index (χ4v) is 4.72. The fourth-order valence-electron chi connectivity index (χ4n) is 4.02. The molecule has 0 amide bonds. The average molecular weight is 311 g/mol. The van der Waals surface area contributed by atoms with Crippen LogP contribution in [0.25, 0.3) is 0 Å². The van der Waals surface area contributed by atoms with Crippen LogP contribution >= 0.6 is 11.3 Å². The van der Waals surface area contributed by atoms with E-state index in [0.717, 1.165) is 13.0 Å². The number of rotatable bonds is 5. The summed E-state index contributed by atoms with van der Waals surface area (Å²) >= 11 is 1.81. The predicted molar refractivity (Wildman–Crippen MR) is 90.6 cm³/mol. The van der Waals surface area contributed by atoms with E-state index >= 15 is 0 Å². The number of thiophene rings is 1. The van der Waals surface area contributed by atoms with Crippen molar-refractivity contribution in [1.82, 2.24) is 4.90 Å². The molecule has 3 nitrogen and oxygen atoms in total. The normalized spacial score (nSPS) is 27.7. The molecule has 0 saturated carbocycles. The summed E-state index contributed by atoms with van der Waals surface area (Å²) in [6, 6.07) is 4.75. The number of nitrogens with zero attached hydrogens (tertiary/aromatic N) is 1. The number of hydrogen-bond acceptors (Lipinski definition) is 4. The Kier molecular flexibility index (Phi) is 4.56. The van der Waals surface area contributed by atoms with Crippen molar-refractivity contribution >= 4 is 11.3 Å². The number of hydrogen-bond donors (Lipinski definition) is 1. The lowest BCUT2D eigenvalue weighted by Gasteiger charge is -2.49. The molecule has 1 aliphatic heterocycles. The maximum absolute atomic E-state index is 6.38. The molecule has 1 aliphatic rings. The van der Waals surface area contributed by atoms with E-state index in [1.807, 2.05) is 11.3 Å². The van der Waals surface area contributed by atoms with Gasteiger partial charge in [0.05, 0.1) is 16.7 Å². The van der Waals surface area contributed by atoms with Gasteiger partial charge >= 0.3 is 0 Å². The van der Waals surface area contributed by atoms with Crippen molar-refractivity contribution in [1.29, 1.82) is 0 Å². The Morgan fingerprint density at radius 1 is 1.33 bits per heavy atom. The summed E-state index contributed by atoms with van der Waals surface area (Å²) in [5.41, 5.74) is 5.79. The van der Waals surface area contributed by atoms with Crippen LogP contribution in [-0.2, 0) is 11.3 Å². The van der Waals surface area contributed by atoms with Crippen LogP contribution in [0.2, 0.25) is 0 Å². The van der Waals surface area contributed by atoms with Gasteiger partial charge in [0.25, 0.3) is 0 Å². The van der Waals surface area contributed by atoms with E-state index < -0.39 is 0 Å². The molecule has 1 atom stereocenters. The maximum atomic E-state index is 6.38. The van der Waals surface area contributed by atoms with Crippen LogP contribution in [0.5, 0.6) is 0 Å². The van der Waals surface area contributed by atoms with Crippen LogP contribution in [0.3, 0.4) is 0 Å². The molecule has 2 heterocycles. The van der Waals surface area contributed by atoms with Gasteiger partial charge in [0.15, 0.2) is 0 Å². The van der Waals surface area contributed by atoms with Crippen LogP contribution in [0.1, 0.15) is 52.8 Å². The molecule has 21 heavy (non-hydrogen) atoms. The van der Waals surface area contributed by atoms with Gasteiger partial charge in [-0.15, -0.1) is 11.3 Å². The molecule has 0 aliphatic carbocycles. The lowest BCUT2D eigenvalue weighted by atomic mass is 9.76. The van der Waals surface area contributed by atoms with Crippen LogP contribution in [0.4, 0.5) is 0 Å². The van der Waals surface area contributed by atoms with E-state index in [1.54, 1.807) is 0 Å². The van der Waals surface area contributed by atoms with Crippen molar-refractivity contribution in [3.05, 3.63) is 22.4 Å². The molecule has 1 unspecified atom stereocenters. The molecule has 1 saturated heterocycles. The summed E-state index contributed by atoms with van der Waals surface area (Å²) in [5.74, 6) is 0. The SMILES string of the molecule is CC(C)N(Cc1cccs1)C1(CN)CC(C)(C)OC1(C)C. The highest BCUT2D eigenvalue weighted by Gasteiger charge is 2.59. The highest BCUT2D eigenvalue weighted by atomic mass is 32.1. The lowest BCUT2D eigenvalue weighted by molar-refractivity contribution is -0.111. The van der Waals surface area contributed by atoms with Gasteiger partial charge in [-0.25, -0.2) is 0 Å². The zero-order valence-corrected chi connectivity index (χ0v) is 15.1. The quantitative estimate of drug-likeness (QED) is 0.902.